The molecule has 0 radical (unpaired) electrons. The van der Waals surface area contributed by atoms with E-state index in [0.29, 0.717) is 6.61 Å². The highest BCUT2D eigenvalue weighted by Crippen LogP contribution is 2.41. The molecule has 1 aromatic carbocycles. The number of benzene rings is 1. The minimum absolute atomic E-state index is 0.141. The molecule has 0 bridgehead atoms. The van der Waals surface area contributed by atoms with E-state index in [-0.39, 0.29) is 5.54 Å². The van der Waals surface area contributed by atoms with Gasteiger partial charge in [-0.05, 0) is 49.3 Å². The van der Waals surface area contributed by atoms with Gasteiger partial charge < -0.3 is 10.5 Å². The van der Waals surface area contributed by atoms with Crippen molar-refractivity contribution in [2.45, 2.75) is 52.0 Å². The monoisotopic (exact) mass is 261 g/mol. The summed E-state index contributed by atoms with van der Waals surface area (Å²) in [5, 5.41) is 0. The lowest BCUT2D eigenvalue weighted by Crippen LogP contribution is -2.42. The van der Waals surface area contributed by atoms with Crippen molar-refractivity contribution in [2.24, 2.45) is 17.6 Å². The Hall–Kier alpha value is -1.02. The quantitative estimate of drug-likeness (QED) is 0.886. The van der Waals surface area contributed by atoms with Crippen LogP contribution in [0.5, 0.6) is 5.75 Å². The fourth-order valence-electron chi connectivity index (χ4n) is 3.23. The van der Waals surface area contributed by atoms with Crippen LogP contribution >= 0.6 is 0 Å². The molecule has 2 N–H and O–H groups in total. The van der Waals surface area contributed by atoms with E-state index in [9.17, 15) is 0 Å². The molecule has 0 aromatic heterocycles. The van der Waals surface area contributed by atoms with Crippen LogP contribution in [0.2, 0.25) is 0 Å². The maximum Gasteiger partial charge on any atom is 0.119 e. The van der Waals surface area contributed by atoms with Crippen LogP contribution in [-0.4, -0.2) is 6.61 Å². The molecule has 19 heavy (non-hydrogen) atoms. The zero-order valence-electron chi connectivity index (χ0n) is 12.5. The molecule has 2 atom stereocenters. The second-order valence-corrected chi connectivity index (χ2v) is 6.21. The maximum atomic E-state index is 6.69. The van der Waals surface area contributed by atoms with Crippen molar-refractivity contribution in [1.29, 1.82) is 0 Å². The lowest BCUT2D eigenvalue weighted by atomic mass is 9.69. The van der Waals surface area contributed by atoms with Crippen molar-refractivity contribution in [3.8, 4) is 5.75 Å². The van der Waals surface area contributed by atoms with Gasteiger partial charge in [-0.15, -0.1) is 0 Å². The smallest absolute Gasteiger partial charge is 0.119 e. The minimum atomic E-state index is -0.141. The minimum Gasteiger partial charge on any atom is -0.494 e. The summed E-state index contributed by atoms with van der Waals surface area (Å²) in [6.45, 7) is 7.35. The second-order valence-electron chi connectivity index (χ2n) is 6.21. The van der Waals surface area contributed by atoms with Crippen LogP contribution in [0.25, 0.3) is 0 Å². The van der Waals surface area contributed by atoms with Gasteiger partial charge in [0.15, 0.2) is 0 Å². The van der Waals surface area contributed by atoms with Gasteiger partial charge in [0, 0.05) is 5.54 Å². The summed E-state index contributed by atoms with van der Waals surface area (Å²) >= 11 is 0. The average Bonchev–Trinajstić information content (AvgIpc) is 2.40. The molecule has 2 nitrogen and oxygen atoms in total. The van der Waals surface area contributed by atoms with Crippen LogP contribution in [0.1, 0.15) is 52.0 Å². The number of hydrogen-bond donors (Lipinski definition) is 1. The summed E-state index contributed by atoms with van der Waals surface area (Å²) in [5.41, 5.74) is 7.82. The number of ether oxygens (including phenoxy) is 1. The van der Waals surface area contributed by atoms with Gasteiger partial charge >= 0.3 is 0 Å². The Morgan fingerprint density at radius 2 is 2.00 bits per heavy atom. The molecule has 0 heterocycles. The molecule has 1 saturated carbocycles. The second kappa shape index (κ2) is 5.96. The topological polar surface area (TPSA) is 35.2 Å². The van der Waals surface area contributed by atoms with E-state index >= 15 is 0 Å². The zero-order chi connectivity index (χ0) is 13.9. The molecular weight excluding hydrogens is 234 g/mol. The predicted octanol–water partition coefficient (Wildman–Crippen LogP) is 4.09. The van der Waals surface area contributed by atoms with Crippen LogP contribution < -0.4 is 10.5 Å². The number of rotatable bonds is 4. The van der Waals surface area contributed by atoms with Gasteiger partial charge in [-0.1, -0.05) is 38.8 Å². The number of hydrogen-bond acceptors (Lipinski definition) is 2. The molecule has 1 aliphatic rings. The molecular formula is C17H27NO. The van der Waals surface area contributed by atoms with Crippen LogP contribution in [0.4, 0.5) is 0 Å². The zero-order valence-corrected chi connectivity index (χ0v) is 12.5. The van der Waals surface area contributed by atoms with Crippen molar-refractivity contribution in [3.63, 3.8) is 0 Å². The molecule has 0 aliphatic heterocycles. The predicted molar refractivity (Wildman–Crippen MR) is 80.3 cm³/mol. The Morgan fingerprint density at radius 3 is 2.58 bits per heavy atom. The average molecular weight is 261 g/mol. The van der Waals surface area contributed by atoms with Gasteiger partial charge in [0.2, 0.25) is 0 Å². The van der Waals surface area contributed by atoms with E-state index in [1.54, 1.807) is 0 Å². The van der Waals surface area contributed by atoms with Crippen LogP contribution in [0.3, 0.4) is 0 Å². The summed E-state index contributed by atoms with van der Waals surface area (Å²) < 4.78 is 5.50. The lowest BCUT2D eigenvalue weighted by molar-refractivity contribution is 0.184. The fourth-order valence-corrected chi connectivity index (χ4v) is 3.23. The summed E-state index contributed by atoms with van der Waals surface area (Å²) in [5.74, 6) is 2.42. The van der Waals surface area contributed by atoms with E-state index in [1.807, 2.05) is 19.1 Å². The molecule has 1 fully saturated rings. The summed E-state index contributed by atoms with van der Waals surface area (Å²) in [7, 11) is 0. The van der Waals surface area contributed by atoms with Crippen molar-refractivity contribution in [3.05, 3.63) is 29.8 Å². The Kier molecular flexibility index (Phi) is 4.51. The van der Waals surface area contributed by atoms with Crippen LogP contribution in [0.15, 0.2) is 24.3 Å². The molecule has 106 valence electrons. The largest absolute Gasteiger partial charge is 0.494 e. The Morgan fingerprint density at radius 1 is 1.32 bits per heavy atom. The highest BCUT2D eigenvalue weighted by atomic mass is 16.5. The van der Waals surface area contributed by atoms with Crippen molar-refractivity contribution in [2.75, 3.05) is 6.61 Å². The third-order valence-electron chi connectivity index (χ3n) is 4.51. The first-order chi connectivity index (χ1) is 9.05. The maximum absolute atomic E-state index is 6.69. The molecule has 0 saturated heterocycles. The van der Waals surface area contributed by atoms with E-state index in [1.165, 1.54) is 18.4 Å². The summed E-state index contributed by atoms with van der Waals surface area (Å²) in [6, 6.07) is 8.39. The Labute approximate surface area is 117 Å². The molecule has 0 amide bonds. The Balaban J connectivity index is 2.14. The molecule has 0 spiro atoms. The molecule has 1 aromatic rings. The van der Waals surface area contributed by atoms with Gasteiger partial charge in [-0.2, -0.15) is 0 Å². The van der Waals surface area contributed by atoms with E-state index < -0.39 is 0 Å². The summed E-state index contributed by atoms with van der Waals surface area (Å²) in [4.78, 5) is 0. The van der Waals surface area contributed by atoms with Gasteiger partial charge in [0.25, 0.3) is 0 Å². The number of nitrogens with two attached hydrogens (primary N) is 1. The standard InChI is InChI=1S/C17H27NO/c1-4-19-16-9-7-15(8-10-16)17(18)11-5-6-14(12-17)13(2)3/h7-10,13-14H,4-6,11-12,18H2,1-3H3. The van der Waals surface area contributed by atoms with E-state index in [2.05, 4.69) is 26.0 Å². The van der Waals surface area contributed by atoms with Crippen LogP contribution in [-0.2, 0) is 5.54 Å². The SMILES string of the molecule is CCOc1ccc(C2(N)CCCC(C(C)C)C2)cc1. The first kappa shape index (κ1) is 14.4. The molecule has 2 unspecified atom stereocenters. The molecule has 1 aliphatic carbocycles. The van der Waals surface area contributed by atoms with Crippen LogP contribution in [0, 0.1) is 11.8 Å². The lowest BCUT2D eigenvalue weighted by Gasteiger charge is -2.40. The van der Waals surface area contributed by atoms with Crippen molar-refractivity contribution in [1.82, 2.24) is 0 Å². The van der Waals surface area contributed by atoms with Gasteiger partial charge in [-0.3, -0.25) is 0 Å². The normalized spacial score (nSPS) is 27.5. The molecule has 2 heteroatoms. The highest BCUT2D eigenvalue weighted by molar-refractivity contribution is 5.32. The first-order valence-electron chi connectivity index (χ1n) is 7.57. The fraction of sp³-hybridized carbons (Fsp3) is 0.647. The summed E-state index contributed by atoms with van der Waals surface area (Å²) in [6.07, 6.45) is 4.78. The van der Waals surface area contributed by atoms with Gasteiger partial charge in [0.05, 0.1) is 6.61 Å². The van der Waals surface area contributed by atoms with E-state index in [0.717, 1.165) is 30.4 Å². The third-order valence-corrected chi connectivity index (χ3v) is 4.51. The van der Waals surface area contributed by atoms with E-state index in [4.69, 9.17) is 10.5 Å². The molecule has 2 rings (SSSR count). The first-order valence-corrected chi connectivity index (χ1v) is 7.57. The third kappa shape index (κ3) is 3.30. The van der Waals surface area contributed by atoms with Gasteiger partial charge in [-0.25, -0.2) is 0 Å². The Bertz CT molecular complexity index is 398. The highest BCUT2D eigenvalue weighted by Gasteiger charge is 2.35. The van der Waals surface area contributed by atoms with Crippen molar-refractivity contribution >= 4 is 0 Å². The van der Waals surface area contributed by atoms with Crippen molar-refractivity contribution < 1.29 is 4.74 Å². The van der Waals surface area contributed by atoms with Gasteiger partial charge in [0.1, 0.15) is 5.75 Å².